The van der Waals surface area contributed by atoms with E-state index in [1.54, 1.807) is 12.1 Å². The summed E-state index contributed by atoms with van der Waals surface area (Å²) in [5.74, 6) is -0.883. The molecule has 0 saturated carbocycles. The number of halogens is 1. The molecule has 1 unspecified atom stereocenters. The largest absolute Gasteiger partial charge is 0.506 e. The number of carbonyl (C=O) groups is 2. The van der Waals surface area contributed by atoms with E-state index in [9.17, 15) is 19.1 Å². The molecule has 2 aromatic carbocycles. The molecule has 5 nitrogen and oxygen atoms in total. The minimum Gasteiger partial charge on any atom is -0.506 e. The minimum absolute atomic E-state index is 0.0374. The van der Waals surface area contributed by atoms with Crippen molar-refractivity contribution in [2.75, 3.05) is 16.8 Å². The first-order valence-corrected chi connectivity index (χ1v) is 9.51. The van der Waals surface area contributed by atoms with Crippen LogP contribution in [-0.2, 0) is 4.79 Å². The Balaban J connectivity index is 1.85. The van der Waals surface area contributed by atoms with Crippen molar-refractivity contribution in [1.82, 2.24) is 0 Å². The lowest BCUT2D eigenvalue weighted by atomic mass is 9.90. The van der Waals surface area contributed by atoms with Crippen molar-refractivity contribution < 1.29 is 19.1 Å². The lowest BCUT2D eigenvalue weighted by Gasteiger charge is -2.33. The van der Waals surface area contributed by atoms with Crippen LogP contribution in [0.5, 0.6) is 5.75 Å². The highest BCUT2D eigenvalue weighted by atomic mass is 19.1. The van der Waals surface area contributed by atoms with E-state index < -0.39 is 5.82 Å². The first kappa shape index (κ1) is 19.9. The average molecular weight is 384 g/mol. The zero-order valence-electron chi connectivity index (χ0n) is 16.3. The van der Waals surface area contributed by atoms with Gasteiger partial charge in [-0.15, -0.1) is 0 Å². The Morgan fingerprint density at radius 3 is 2.71 bits per heavy atom. The van der Waals surface area contributed by atoms with Gasteiger partial charge in [-0.05, 0) is 48.1 Å². The molecule has 1 heterocycles. The summed E-state index contributed by atoms with van der Waals surface area (Å²) in [6.45, 7) is 6.31. The van der Waals surface area contributed by atoms with Crippen LogP contribution in [0.25, 0.3) is 0 Å². The molecule has 0 saturated heterocycles. The van der Waals surface area contributed by atoms with E-state index in [1.807, 2.05) is 26.8 Å². The molecule has 0 aromatic heterocycles. The summed E-state index contributed by atoms with van der Waals surface area (Å²) in [5.41, 5.74) is 1.61. The Morgan fingerprint density at radius 1 is 1.29 bits per heavy atom. The molecule has 0 fully saturated rings. The maximum absolute atomic E-state index is 14.5. The predicted molar refractivity (Wildman–Crippen MR) is 107 cm³/mol. The van der Waals surface area contributed by atoms with Gasteiger partial charge in [-0.3, -0.25) is 9.59 Å². The molecule has 2 N–H and O–H groups in total. The highest BCUT2D eigenvalue weighted by Crippen LogP contribution is 2.41. The van der Waals surface area contributed by atoms with Gasteiger partial charge in [0.1, 0.15) is 11.6 Å². The van der Waals surface area contributed by atoms with Gasteiger partial charge in [0, 0.05) is 18.5 Å². The SMILES string of the molecule is CC(C)CC(=O)Nc1ccc(C(=O)N2CCC(C)c3cccc(O)c32)cc1F. The summed E-state index contributed by atoms with van der Waals surface area (Å²) < 4.78 is 14.5. The van der Waals surface area contributed by atoms with E-state index in [0.29, 0.717) is 18.7 Å². The normalized spacial score (nSPS) is 16.0. The Bertz CT molecular complexity index is 911. The maximum Gasteiger partial charge on any atom is 0.258 e. The third-order valence-corrected chi connectivity index (χ3v) is 4.96. The van der Waals surface area contributed by atoms with Crippen molar-refractivity contribution in [3.05, 3.63) is 53.3 Å². The molecular formula is C22H25FN2O3. The molecule has 6 heteroatoms. The van der Waals surface area contributed by atoms with Gasteiger partial charge in [-0.25, -0.2) is 4.39 Å². The average Bonchev–Trinajstić information content (AvgIpc) is 2.63. The number of nitrogens with one attached hydrogen (secondary N) is 1. The van der Waals surface area contributed by atoms with Crippen LogP contribution < -0.4 is 10.2 Å². The second-order valence-electron chi connectivity index (χ2n) is 7.70. The Kier molecular flexibility index (Phi) is 5.68. The quantitative estimate of drug-likeness (QED) is 0.805. The van der Waals surface area contributed by atoms with Gasteiger partial charge in [-0.2, -0.15) is 0 Å². The van der Waals surface area contributed by atoms with Crippen LogP contribution in [0.4, 0.5) is 15.8 Å². The van der Waals surface area contributed by atoms with Crippen LogP contribution in [-0.4, -0.2) is 23.5 Å². The van der Waals surface area contributed by atoms with Crippen LogP contribution in [0, 0.1) is 11.7 Å². The number of nitrogens with zero attached hydrogens (tertiary/aromatic N) is 1. The zero-order valence-corrected chi connectivity index (χ0v) is 16.3. The summed E-state index contributed by atoms with van der Waals surface area (Å²) in [7, 11) is 0. The monoisotopic (exact) mass is 384 g/mol. The fourth-order valence-corrected chi connectivity index (χ4v) is 3.51. The molecule has 0 spiro atoms. The number of aromatic hydroxyl groups is 1. The summed E-state index contributed by atoms with van der Waals surface area (Å²) in [5, 5.41) is 12.8. The van der Waals surface area contributed by atoms with Gasteiger partial charge < -0.3 is 15.3 Å². The number of anilines is 2. The number of carbonyl (C=O) groups excluding carboxylic acids is 2. The van der Waals surface area contributed by atoms with Crippen LogP contribution in [0.15, 0.2) is 36.4 Å². The van der Waals surface area contributed by atoms with Crippen molar-refractivity contribution in [1.29, 1.82) is 0 Å². The standard InChI is InChI=1S/C22H25FN2O3/c1-13(2)11-20(27)24-18-8-7-15(12-17(18)23)22(28)25-10-9-14(3)16-5-4-6-19(26)21(16)25/h4-8,12-14,26H,9-11H2,1-3H3,(H,24,27). The smallest absolute Gasteiger partial charge is 0.258 e. The first-order chi connectivity index (χ1) is 13.3. The van der Waals surface area contributed by atoms with Crippen LogP contribution in [0.3, 0.4) is 0 Å². The fraction of sp³-hybridized carbons (Fsp3) is 0.364. The van der Waals surface area contributed by atoms with E-state index in [2.05, 4.69) is 5.32 Å². The second-order valence-corrected chi connectivity index (χ2v) is 7.70. The van der Waals surface area contributed by atoms with Gasteiger partial charge in [0.15, 0.2) is 0 Å². The number of amides is 2. The van der Waals surface area contributed by atoms with Crippen molar-refractivity contribution >= 4 is 23.2 Å². The second kappa shape index (κ2) is 8.00. The number of phenolic OH excluding ortho intramolecular Hbond substituents is 1. The van der Waals surface area contributed by atoms with E-state index in [4.69, 9.17) is 0 Å². The van der Waals surface area contributed by atoms with Gasteiger partial charge >= 0.3 is 0 Å². The van der Waals surface area contributed by atoms with Crippen LogP contribution in [0.1, 0.15) is 55.5 Å². The van der Waals surface area contributed by atoms with Crippen molar-refractivity contribution in [3.8, 4) is 5.75 Å². The number of hydrogen-bond donors (Lipinski definition) is 2. The minimum atomic E-state index is -0.661. The molecule has 148 valence electrons. The summed E-state index contributed by atoms with van der Waals surface area (Å²) >= 11 is 0. The third kappa shape index (κ3) is 4.01. The van der Waals surface area contributed by atoms with Crippen molar-refractivity contribution in [3.63, 3.8) is 0 Å². The number of para-hydroxylation sites is 1. The van der Waals surface area contributed by atoms with Crippen molar-refractivity contribution in [2.24, 2.45) is 5.92 Å². The van der Waals surface area contributed by atoms with Gasteiger partial charge in [0.2, 0.25) is 5.91 Å². The number of fused-ring (bicyclic) bond motifs is 1. The molecule has 28 heavy (non-hydrogen) atoms. The fourth-order valence-electron chi connectivity index (χ4n) is 3.51. The van der Waals surface area contributed by atoms with Gasteiger partial charge in [-0.1, -0.05) is 32.9 Å². The van der Waals surface area contributed by atoms with E-state index in [-0.39, 0.29) is 40.7 Å². The number of phenols is 1. The molecule has 0 bridgehead atoms. The Morgan fingerprint density at radius 2 is 2.04 bits per heavy atom. The Hall–Kier alpha value is -2.89. The molecule has 0 aliphatic carbocycles. The first-order valence-electron chi connectivity index (χ1n) is 9.51. The highest BCUT2D eigenvalue weighted by Gasteiger charge is 2.30. The van der Waals surface area contributed by atoms with E-state index >= 15 is 0 Å². The molecule has 0 radical (unpaired) electrons. The lowest BCUT2D eigenvalue weighted by Crippen LogP contribution is -2.36. The maximum atomic E-state index is 14.5. The molecule has 2 amide bonds. The highest BCUT2D eigenvalue weighted by molar-refractivity contribution is 6.08. The van der Waals surface area contributed by atoms with E-state index in [1.165, 1.54) is 17.0 Å². The van der Waals surface area contributed by atoms with Crippen LogP contribution >= 0.6 is 0 Å². The molecule has 2 aromatic rings. The van der Waals surface area contributed by atoms with Crippen molar-refractivity contribution in [2.45, 2.75) is 39.5 Å². The number of rotatable bonds is 4. The molecule has 3 rings (SSSR count). The lowest BCUT2D eigenvalue weighted by molar-refractivity contribution is -0.116. The summed E-state index contributed by atoms with van der Waals surface area (Å²) in [6, 6.07) is 9.23. The zero-order chi connectivity index (χ0) is 20.4. The van der Waals surface area contributed by atoms with Crippen LogP contribution in [0.2, 0.25) is 0 Å². The topological polar surface area (TPSA) is 69.6 Å². The summed E-state index contributed by atoms with van der Waals surface area (Å²) in [6.07, 6.45) is 1.05. The number of benzene rings is 2. The van der Waals surface area contributed by atoms with Gasteiger partial charge in [0.05, 0.1) is 11.4 Å². The third-order valence-electron chi connectivity index (χ3n) is 4.96. The molecular weight excluding hydrogens is 359 g/mol. The van der Waals surface area contributed by atoms with E-state index in [0.717, 1.165) is 18.1 Å². The molecule has 1 aliphatic heterocycles. The van der Waals surface area contributed by atoms with Gasteiger partial charge in [0.25, 0.3) is 5.91 Å². The molecule has 1 atom stereocenters. The number of hydrogen-bond acceptors (Lipinski definition) is 3. The Labute approximate surface area is 164 Å². The summed E-state index contributed by atoms with van der Waals surface area (Å²) in [4.78, 5) is 26.4. The molecule has 1 aliphatic rings. The predicted octanol–water partition coefficient (Wildman–Crippen LogP) is 4.67.